The van der Waals surface area contributed by atoms with E-state index in [1.165, 1.54) is 0 Å². The van der Waals surface area contributed by atoms with Gasteiger partial charge in [-0.3, -0.25) is 19.7 Å². The average molecular weight is 239 g/mol. The van der Waals surface area contributed by atoms with Crippen LogP contribution in [0.5, 0.6) is 0 Å². The zero-order valence-electron chi connectivity index (χ0n) is 9.56. The van der Waals surface area contributed by atoms with Crippen LogP contribution in [0.3, 0.4) is 0 Å². The molecule has 0 aliphatic heterocycles. The minimum absolute atomic E-state index is 0.153. The standard InChI is InChI=1S/C10H17N5O2/c11-10(17)8-5-7-15(14-8)6-3-1-2-4-9(16)13-12/h5,7H,1-4,6,12H2,(H2,11,17)(H,13,16). The lowest BCUT2D eigenvalue weighted by molar-refractivity contribution is -0.121. The molecule has 0 aliphatic carbocycles. The molecule has 94 valence electrons. The minimum atomic E-state index is -0.525. The first kappa shape index (κ1) is 13.2. The molecule has 2 amide bonds. The molecule has 0 aliphatic rings. The lowest BCUT2D eigenvalue weighted by atomic mass is 10.2. The molecule has 17 heavy (non-hydrogen) atoms. The van der Waals surface area contributed by atoms with Crippen LogP contribution in [-0.4, -0.2) is 21.6 Å². The second-order valence-electron chi connectivity index (χ2n) is 3.71. The van der Waals surface area contributed by atoms with Crippen LogP contribution in [0, 0.1) is 0 Å². The van der Waals surface area contributed by atoms with Gasteiger partial charge in [-0.1, -0.05) is 6.42 Å². The molecular formula is C10H17N5O2. The van der Waals surface area contributed by atoms with Gasteiger partial charge in [-0.2, -0.15) is 5.10 Å². The van der Waals surface area contributed by atoms with Gasteiger partial charge < -0.3 is 5.73 Å². The molecule has 7 heteroatoms. The number of aryl methyl sites for hydroxylation is 1. The predicted octanol–water partition coefficient (Wildman–Crippen LogP) is -0.468. The average Bonchev–Trinajstić information content (AvgIpc) is 2.77. The lowest BCUT2D eigenvalue weighted by Gasteiger charge is -2.01. The number of hydrogen-bond donors (Lipinski definition) is 3. The largest absolute Gasteiger partial charge is 0.364 e. The molecule has 0 aromatic carbocycles. The summed E-state index contributed by atoms with van der Waals surface area (Å²) in [7, 11) is 0. The van der Waals surface area contributed by atoms with E-state index in [4.69, 9.17) is 11.6 Å². The number of carbonyl (C=O) groups is 2. The molecule has 0 saturated heterocycles. The molecule has 5 N–H and O–H groups in total. The minimum Gasteiger partial charge on any atom is -0.364 e. The van der Waals surface area contributed by atoms with Crippen molar-refractivity contribution in [1.29, 1.82) is 0 Å². The third-order valence-corrected chi connectivity index (χ3v) is 2.35. The number of nitrogens with two attached hydrogens (primary N) is 2. The van der Waals surface area contributed by atoms with E-state index in [1.807, 2.05) is 0 Å². The molecular weight excluding hydrogens is 222 g/mol. The van der Waals surface area contributed by atoms with Crippen molar-refractivity contribution in [2.75, 3.05) is 0 Å². The van der Waals surface area contributed by atoms with Crippen LogP contribution in [0.15, 0.2) is 12.3 Å². The van der Waals surface area contributed by atoms with Gasteiger partial charge in [0.05, 0.1) is 0 Å². The summed E-state index contributed by atoms with van der Waals surface area (Å²) in [6.07, 6.45) is 4.72. The van der Waals surface area contributed by atoms with Gasteiger partial charge in [-0.05, 0) is 18.9 Å². The van der Waals surface area contributed by atoms with Crippen molar-refractivity contribution in [1.82, 2.24) is 15.2 Å². The first-order valence-corrected chi connectivity index (χ1v) is 5.46. The molecule has 1 rings (SSSR count). The van der Waals surface area contributed by atoms with Crippen LogP contribution in [0.4, 0.5) is 0 Å². The number of nitrogens with zero attached hydrogens (tertiary/aromatic N) is 2. The van der Waals surface area contributed by atoms with Gasteiger partial charge >= 0.3 is 0 Å². The molecule has 0 fully saturated rings. The second-order valence-corrected chi connectivity index (χ2v) is 3.71. The van der Waals surface area contributed by atoms with Crippen molar-refractivity contribution in [3.8, 4) is 0 Å². The quantitative estimate of drug-likeness (QED) is 0.258. The van der Waals surface area contributed by atoms with E-state index in [2.05, 4.69) is 10.5 Å². The van der Waals surface area contributed by atoms with Gasteiger partial charge in [0.25, 0.3) is 5.91 Å². The Bertz CT molecular complexity index is 388. The number of carbonyl (C=O) groups excluding carboxylic acids is 2. The Hall–Kier alpha value is -1.89. The highest BCUT2D eigenvalue weighted by Gasteiger charge is 2.04. The fraction of sp³-hybridized carbons (Fsp3) is 0.500. The molecule has 0 saturated carbocycles. The number of nitrogens with one attached hydrogen (secondary N) is 1. The number of amides is 2. The second kappa shape index (κ2) is 6.64. The molecule has 0 bridgehead atoms. The first-order chi connectivity index (χ1) is 8.13. The van der Waals surface area contributed by atoms with Crippen LogP contribution in [0.1, 0.15) is 36.2 Å². The Kier molecular flexibility index (Phi) is 5.15. The highest BCUT2D eigenvalue weighted by Crippen LogP contribution is 2.02. The normalized spacial score (nSPS) is 10.2. The van der Waals surface area contributed by atoms with Crippen LogP contribution in [0.2, 0.25) is 0 Å². The maximum atomic E-state index is 10.8. The maximum Gasteiger partial charge on any atom is 0.269 e. The van der Waals surface area contributed by atoms with E-state index in [1.54, 1.807) is 16.9 Å². The van der Waals surface area contributed by atoms with Gasteiger partial charge in [0.2, 0.25) is 5.91 Å². The number of unbranched alkanes of at least 4 members (excludes halogenated alkanes) is 2. The SMILES string of the molecule is NNC(=O)CCCCCn1ccc(C(N)=O)n1. The first-order valence-electron chi connectivity index (χ1n) is 5.46. The number of primary amides is 1. The molecule has 1 aromatic rings. The Morgan fingerprint density at radius 1 is 1.35 bits per heavy atom. The zero-order valence-corrected chi connectivity index (χ0v) is 9.56. The van der Waals surface area contributed by atoms with E-state index < -0.39 is 5.91 Å². The number of aromatic nitrogens is 2. The molecule has 0 radical (unpaired) electrons. The molecule has 1 heterocycles. The molecule has 0 atom stereocenters. The Balaban J connectivity index is 2.18. The van der Waals surface area contributed by atoms with Crippen molar-refractivity contribution < 1.29 is 9.59 Å². The summed E-state index contributed by atoms with van der Waals surface area (Å²) in [4.78, 5) is 21.6. The monoisotopic (exact) mass is 239 g/mol. The van der Waals surface area contributed by atoms with E-state index in [9.17, 15) is 9.59 Å². The van der Waals surface area contributed by atoms with Gasteiger partial charge in [-0.25, -0.2) is 5.84 Å². The van der Waals surface area contributed by atoms with Crippen LogP contribution in [0.25, 0.3) is 0 Å². The van der Waals surface area contributed by atoms with Gasteiger partial charge in [-0.15, -0.1) is 0 Å². The van der Waals surface area contributed by atoms with Crippen molar-refractivity contribution in [2.24, 2.45) is 11.6 Å². The fourth-order valence-corrected chi connectivity index (χ4v) is 1.43. The predicted molar refractivity (Wildman–Crippen MR) is 61.5 cm³/mol. The van der Waals surface area contributed by atoms with Crippen molar-refractivity contribution >= 4 is 11.8 Å². The Labute approximate surface area is 99.1 Å². The number of rotatable bonds is 7. The summed E-state index contributed by atoms with van der Waals surface area (Å²) in [5.41, 5.74) is 7.43. The van der Waals surface area contributed by atoms with Crippen molar-refractivity contribution in [3.63, 3.8) is 0 Å². The summed E-state index contributed by atoms with van der Waals surface area (Å²) in [6, 6.07) is 1.59. The highest BCUT2D eigenvalue weighted by molar-refractivity contribution is 5.90. The van der Waals surface area contributed by atoms with Crippen LogP contribution in [-0.2, 0) is 11.3 Å². The van der Waals surface area contributed by atoms with Crippen molar-refractivity contribution in [3.05, 3.63) is 18.0 Å². The third kappa shape index (κ3) is 4.64. The lowest BCUT2D eigenvalue weighted by Crippen LogP contribution is -2.29. The molecule has 0 unspecified atom stereocenters. The van der Waals surface area contributed by atoms with Crippen molar-refractivity contribution in [2.45, 2.75) is 32.2 Å². The number of hydrogen-bond acceptors (Lipinski definition) is 4. The third-order valence-electron chi connectivity index (χ3n) is 2.35. The smallest absolute Gasteiger partial charge is 0.269 e. The topological polar surface area (TPSA) is 116 Å². The fourth-order valence-electron chi connectivity index (χ4n) is 1.43. The van der Waals surface area contributed by atoms with Crippen LogP contribution < -0.4 is 17.0 Å². The highest BCUT2D eigenvalue weighted by atomic mass is 16.2. The van der Waals surface area contributed by atoms with E-state index in [0.717, 1.165) is 19.3 Å². The van der Waals surface area contributed by atoms with E-state index >= 15 is 0 Å². The van der Waals surface area contributed by atoms with E-state index in [0.29, 0.717) is 13.0 Å². The zero-order chi connectivity index (χ0) is 12.7. The van der Waals surface area contributed by atoms with Gasteiger partial charge in [0, 0.05) is 19.2 Å². The Morgan fingerprint density at radius 2 is 2.12 bits per heavy atom. The van der Waals surface area contributed by atoms with E-state index in [-0.39, 0.29) is 11.6 Å². The molecule has 7 nitrogen and oxygen atoms in total. The summed E-state index contributed by atoms with van der Waals surface area (Å²) >= 11 is 0. The maximum absolute atomic E-state index is 10.8. The summed E-state index contributed by atoms with van der Waals surface area (Å²) in [5.74, 6) is 4.27. The summed E-state index contributed by atoms with van der Waals surface area (Å²) in [5, 5.41) is 4.00. The van der Waals surface area contributed by atoms with Crippen LogP contribution >= 0.6 is 0 Å². The van der Waals surface area contributed by atoms with Gasteiger partial charge in [0.1, 0.15) is 5.69 Å². The molecule has 1 aromatic heterocycles. The summed E-state index contributed by atoms with van der Waals surface area (Å²) < 4.78 is 1.67. The molecule has 0 spiro atoms. The summed E-state index contributed by atoms with van der Waals surface area (Å²) in [6.45, 7) is 0.706. The van der Waals surface area contributed by atoms with Gasteiger partial charge in [0.15, 0.2) is 0 Å². The number of hydrazine groups is 1. The Morgan fingerprint density at radius 3 is 2.71 bits per heavy atom.